The third kappa shape index (κ3) is 3.06. The first-order chi connectivity index (χ1) is 9.13. The monoisotopic (exact) mass is 265 g/mol. The van der Waals surface area contributed by atoms with Crippen LogP contribution in [0.15, 0.2) is 24.3 Å². The molecule has 0 aliphatic heterocycles. The van der Waals surface area contributed by atoms with Crippen LogP contribution in [0.4, 0.5) is 10.1 Å². The van der Waals surface area contributed by atoms with Gasteiger partial charge in [-0.15, -0.1) is 0 Å². The van der Waals surface area contributed by atoms with Crippen molar-refractivity contribution in [2.24, 2.45) is 5.92 Å². The van der Waals surface area contributed by atoms with Gasteiger partial charge in [-0.05, 0) is 37.8 Å². The van der Waals surface area contributed by atoms with E-state index in [0.717, 1.165) is 25.7 Å². The standard InChI is InChI=1S/C15H20FNO2/c1-17(14-6-4-3-5-13(14)16)12-9-7-11(8-10-12)15(18)19-2/h3-6,11-12H,7-10H2,1-2H3. The van der Waals surface area contributed by atoms with Gasteiger partial charge in [0, 0.05) is 13.1 Å². The average molecular weight is 265 g/mol. The van der Waals surface area contributed by atoms with E-state index in [1.165, 1.54) is 13.2 Å². The van der Waals surface area contributed by atoms with Gasteiger partial charge in [-0.25, -0.2) is 4.39 Å². The highest BCUT2D eigenvalue weighted by atomic mass is 19.1. The number of nitrogens with zero attached hydrogens (tertiary/aromatic N) is 1. The number of carbonyl (C=O) groups is 1. The molecule has 2 rings (SSSR count). The summed E-state index contributed by atoms with van der Waals surface area (Å²) in [4.78, 5) is 13.5. The number of carbonyl (C=O) groups excluding carboxylic acids is 1. The molecular formula is C15H20FNO2. The number of benzene rings is 1. The van der Waals surface area contributed by atoms with Crippen molar-refractivity contribution < 1.29 is 13.9 Å². The van der Waals surface area contributed by atoms with E-state index in [0.29, 0.717) is 5.69 Å². The summed E-state index contributed by atoms with van der Waals surface area (Å²) in [6, 6.07) is 7.10. The maximum Gasteiger partial charge on any atom is 0.308 e. The van der Waals surface area contributed by atoms with E-state index in [2.05, 4.69) is 0 Å². The van der Waals surface area contributed by atoms with E-state index >= 15 is 0 Å². The largest absolute Gasteiger partial charge is 0.469 e. The summed E-state index contributed by atoms with van der Waals surface area (Å²) >= 11 is 0. The van der Waals surface area contributed by atoms with Crippen molar-refractivity contribution in [2.45, 2.75) is 31.7 Å². The second-order valence-corrected chi connectivity index (χ2v) is 5.09. The second kappa shape index (κ2) is 6.04. The summed E-state index contributed by atoms with van der Waals surface area (Å²) in [6.45, 7) is 0. The van der Waals surface area contributed by atoms with Crippen LogP contribution in [0, 0.1) is 11.7 Å². The average Bonchev–Trinajstić information content (AvgIpc) is 2.46. The number of hydrogen-bond acceptors (Lipinski definition) is 3. The fourth-order valence-corrected chi connectivity index (χ4v) is 2.80. The third-order valence-corrected chi connectivity index (χ3v) is 4.01. The smallest absolute Gasteiger partial charge is 0.308 e. The van der Waals surface area contributed by atoms with E-state index in [-0.39, 0.29) is 23.7 Å². The highest BCUT2D eigenvalue weighted by Gasteiger charge is 2.29. The quantitative estimate of drug-likeness (QED) is 0.787. The summed E-state index contributed by atoms with van der Waals surface area (Å²) in [5.41, 5.74) is 0.629. The zero-order chi connectivity index (χ0) is 13.8. The number of esters is 1. The molecule has 1 saturated carbocycles. The van der Waals surface area contributed by atoms with Gasteiger partial charge < -0.3 is 9.64 Å². The van der Waals surface area contributed by atoms with E-state index in [1.807, 2.05) is 18.0 Å². The fraction of sp³-hybridized carbons (Fsp3) is 0.533. The van der Waals surface area contributed by atoms with Gasteiger partial charge in [-0.3, -0.25) is 4.79 Å². The molecule has 4 heteroatoms. The number of rotatable bonds is 3. The molecule has 0 heterocycles. The third-order valence-electron chi connectivity index (χ3n) is 4.01. The van der Waals surface area contributed by atoms with E-state index < -0.39 is 0 Å². The molecule has 0 saturated heterocycles. The Hall–Kier alpha value is -1.58. The predicted molar refractivity (Wildman–Crippen MR) is 72.6 cm³/mol. The van der Waals surface area contributed by atoms with Gasteiger partial charge in [0.15, 0.2) is 0 Å². The van der Waals surface area contributed by atoms with Crippen LogP contribution in [0.25, 0.3) is 0 Å². The van der Waals surface area contributed by atoms with Crippen LogP contribution in [0.5, 0.6) is 0 Å². The molecule has 3 nitrogen and oxygen atoms in total. The van der Waals surface area contributed by atoms with Crippen LogP contribution in [0.1, 0.15) is 25.7 Å². The lowest BCUT2D eigenvalue weighted by Gasteiger charge is -2.35. The molecule has 1 aliphatic carbocycles. The Labute approximate surface area is 113 Å². The highest BCUT2D eigenvalue weighted by molar-refractivity contribution is 5.72. The lowest BCUT2D eigenvalue weighted by Crippen LogP contribution is -2.37. The van der Waals surface area contributed by atoms with Crippen molar-refractivity contribution in [3.8, 4) is 0 Å². The van der Waals surface area contributed by atoms with Gasteiger partial charge in [0.05, 0.1) is 18.7 Å². The van der Waals surface area contributed by atoms with Crippen LogP contribution in [0.3, 0.4) is 0 Å². The van der Waals surface area contributed by atoms with Crippen molar-refractivity contribution in [3.05, 3.63) is 30.1 Å². The van der Waals surface area contributed by atoms with E-state index in [9.17, 15) is 9.18 Å². The molecule has 0 unspecified atom stereocenters. The molecule has 0 aromatic heterocycles. The summed E-state index contributed by atoms with van der Waals surface area (Å²) in [6.07, 6.45) is 3.42. The maximum absolute atomic E-state index is 13.7. The van der Waals surface area contributed by atoms with Gasteiger partial charge in [0.25, 0.3) is 0 Å². The molecule has 0 atom stereocenters. The number of para-hydroxylation sites is 1. The van der Waals surface area contributed by atoms with Gasteiger partial charge in [-0.2, -0.15) is 0 Å². The van der Waals surface area contributed by atoms with Crippen LogP contribution in [-0.2, 0) is 9.53 Å². The normalized spacial score (nSPS) is 22.9. The number of anilines is 1. The van der Waals surface area contributed by atoms with Crippen molar-refractivity contribution in [1.29, 1.82) is 0 Å². The summed E-state index contributed by atoms with van der Waals surface area (Å²) < 4.78 is 18.5. The minimum atomic E-state index is -0.194. The predicted octanol–water partition coefficient (Wildman–Crippen LogP) is 2.99. The van der Waals surface area contributed by atoms with Gasteiger partial charge >= 0.3 is 5.97 Å². The summed E-state index contributed by atoms with van der Waals surface area (Å²) in [7, 11) is 3.35. The van der Waals surface area contributed by atoms with Gasteiger partial charge in [0.2, 0.25) is 0 Å². The zero-order valence-corrected chi connectivity index (χ0v) is 11.4. The Balaban J connectivity index is 1.98. The number of halogens is 1. The van der Waals surface area contributed by atoms with E-state index in [4.69, 9.17) is 4.74 Å². The molecule has 1 fully saturated rings. The van der Waals surface area contributed by atoms with Crippen LogP contribution < -0.4 is 4.90 Å². The molecule has 1 aromatic rings. The molecular weight excluding hydrogens is 245 g/mol. The molecule has 1 aliphatic rings. The first kappa shape index (κ1) is 13.8. The second-order valence-electron chi connectivity index (χ2n) is 5.09. The van der Waals surface area contributed by atoms with Crippen molar-refractivity contribution in [1.82, 2.24) is 0 Å². The Morgan fingerprint density at radius 2 is 1.89 bits per heavy atom. The molecule has 0 radical (unpaired) electrons. The minimum Gasteiger partial charge on any atom is -0.469 e. The topological polar surface area (TPSA) is 29.5 Å². The Kier molecular flexibility index (Phi) is 4.40. The molecule has 0 bridgehead atoms. The van der Waals surface area contributed by atoms with Crippen LogP contribution in [0.2, 0.25) is 0 Å². The van der Waals surface area contributed by atoms with Gasteiger partial charge in [0.1, 0.15) is 5.82 Å². The van der Waals surface area contributed by atoms with E-state index in [1.54, 1.807) is 12.1 Å². The minimum absolute atomic E-state index is 0.00951. The molecule has 1 aromatic carbocycles. The maximum atomic E-state index is 13.7. The lowest BCUT2D eigenvalue weighted by atomic mass is 9.85. The molecule has 104 valence electrons. The number of ether oxygens (including phenoxy) is 1. The summed E-state index contributed by atoms with van der Waals surface area (Å²) in [5.74, 6) is -0.303. The van der Waals surface area contributed by atoms with Crippen molar-refractivity contribution in [3.63, 3.8) is 0 Å². The fourth-order valence-electron chi connectivity index (χ4n) is 2.80. The van der Waals surface area contributed by atoms with Crippen molar-refractivity contribution in [2.75, 3.05) is 19.1 Å². The molecule has 0 N–H and O–H groups in total. The Morgan fingerprint density at radius 3 is 2.47 bits per heavy atom. The van der Waals surface area contributed by atoms with Crippen molar-refractivity contribution >= 4 is 11.7 Å². The van der Waals surface area contributed by atoms with Gasteiger partial charge in [-0.1, -0.05) is 12.1 Å². The molecule has 0 amide bonds. The van der Waals surface area contributed by atoms with Crippen LogP contribution in [-0.4, -0.2) is 26.2 Å². The first-order valence-corrected chi connectivity index (χ1v) is 6.68. The SMILES string of the molecule is COC(=O)C1CCC(N(C)c2ccccc2F)CC1. The molecule has 0 spiro atoms. The number of methoxy groups -OCH3 is 1. The Morgan fingerprint density at radius 1 is 1.26 bits per heavy atom. The van der Waals surface area contributed by atoms with Crippen LogP contribution >= 0.6 is 0 Å². The lowest BCUT2D eigenvalue weighted by molar-refractivity contribution is -0.146. The zero-order valence-electron chi connectivity index (χ0n) is 11.4. The highest BCUT2D eigenvalue weighted by Crippen LogP contribution is 2.31. The first-order valence-electron chi connectivity index (χ1n) is 6.68. The molecule has 19 heavy (non-hydrogen) atoms. The number of hydrogen-bond donors (Lipinski definition) is 0. The summed E-state index contributed by atoms with van der Waals surface area (Å²) in [5, 5.41) is 0. The Bertz CT molecular complexity index is 442.